The van der Waals surface area contributed by atoms with Crippen molar-refractivity contribution >= 4 is 8.03 Å². The first-order valence-corrected chi connectivity index (χ1v) is 5.45. The van der Waals surface area contributed by atoms with Crippen molar-refractivity contribution in [1.29, 1.82) is 0 Å². The van der Waals surface area contributed by atoms with Gasteiger partial charge in [0, 0.05) is 0 Å². The highest BCUT2D eigenvalue weighted by atomic mass is 31.1. The van der Waals surface area contributed by atoms with Gasteiger partial charge in [0.2, 0.25) is 5.66 Å². The minimum Gasteiger partial charge on any atom is -0.392 e. The first kappa shape index (κ1) is 9.85. The van der Waals surface area contributed by atoms with Crippen molar-refractivity contribution in [3.8, 4) is 0 Å². The average Bonchev–Trinajstić information content (AvgIpc) is 2.37. The number of hydrogen-bond acceptors (Lipinski definition) is 2. The maximum atomic E-state index is 10.8. The van der Waals surface area contributed by atoms with E-state index in [-0.39, 0.29) is 11.8 Å². The molecular formula is C8H14O3P+. The molecule has 0 heterocycles. The molecular weight excluding hydrogens is 175 g/mol. The van der Waals surface area contributed by atoms with Crippen molar-refractivity contribution in [3.05, 3.63) is 11.6 Å². The molecule has 0 spiro atoms. The zero-order valence-corrected chi connectivity index (χ0v) is 8.00. The number of rotatable bonds is 3. The molecule has 1 aliphatic rings. The van der Waals surface area contributed by atoms with Gasteiger partial charge in [0.05, 0.1) is 6.10 Å². The molecule has 68 valence electrons. The third-order valence-corrected chi connectivity index (χ3v) is 3.43. The Morgan fingerprint density at radius 1 is 1.83 bits per heavy atom. The Morgan fingerprint density at radius 2 is 2.50 bits per heavy atom. The van der Waals surface area contributed by atoms with E-state index in [0.29, 0.717) is 19.3 Å². The van der Waals surface area contributed by atoms with E-state index in [2.05, 4.69) is 0 Å². The fourth-order valence-corrected chi connectivity index (χ4v) is 2.37. The van der Waals surface area contributed by atoms with Crippen LogP contribution in [0.4, 0.5) is 0 Å². The third-order valence-electron chi connectivity index (χ3n) is 2.20. The van der Waals surface area contributed by atoms with Crippen LogP contribution in [0.1, 0.15) is 26.2 Å². The molecule has 0 aromatic heterocycles. The van der Waals surface area contributed by atoms with Crippen LogP contribution in [0, 0.1) is 0 Å². The van der Waals surface area contributed by atoms with Gasteiger partial charge in [0.15, 0.2) is 0 Å². The molecule has 0 radical (unpaired) electrons. The van der Waals surface area contributed by atoms with Crippen LogP contribution in [0.5, 0.6) is 0 Å². The summed E-state index contributed by atoms with van der Waals surface area (Å²) in [5, 5.41) is 9.20. The van der Waals surface area contributed by atoms with Gasteiger partial charge >= 0.3 is 8.03 Å². The highest BCUT2D eigenvalue weighted by molar-refractivity contribution is 7.39. The van der Waals surface area contributed by atoms with Gasteiger partial charge in [-0.25, -0.2) is 0 Å². The molecule has 12 heavy (non-hydrogen) atoms. The molecule has 0 aromatic carbocycles. The van der Waals surface area contributed by atoms with Gasteiger partial charge in [-0.15, -0.1) is 0 Å². The molecule has 0 saturated heterocycles. The average molecular weight is 189 g/mol. The Bertz CT molecular complexity index is 212. The second-order valence-electron chi connectivity index (χ2n) is 3.10. The van der Waals surface area contributed by atoms with Crippen molar-refractivity contribution in [2.24, 2.45) is 0 Å². The van der Waals surface area contributed by atoms with E-state index in [1.807, 2.05) is 13.0 Å². The topological polar surface area (TPSA) is 57.5 Å². The zero-order valence-electron chi connectivity index (χ0n) is 7.10. The van der Waals surface area contributed by atoms with Gasteiger partial charge in [-0.1, -0.05) is 13.0 Å². The molecule has 1 aliphatic carbocycles. The highest BCUT2D eigenvalue weighted by Crippen LogP contribution is 2.36. The van der Waals surface area contributed by atoms with Crippen LogP contribution in [0.2, 0.25) is 0 Å². The molecule has 1 rings (SSSR count). The minimum absolute atomic E-state index is 0.239. The van der Waals surface area contributed by atoms with Crippen LogP contribution in [-0.2, 0) is 4.57 Å². The van der Waals surface area contributed by atoms with E-state index in [9.17, 15) is 9.67 Å². The largest absolute Gasteiger partial charge is 0.513 e. The fraction of sp³-hybridized carbons (Fsp3) is 0.750. The Hall–Kier alpha value is -0.240. The minimum atomic E-state index is -2.12. The van der Waals surface area contributed by atoms with Crippen LogP contribution in [0.3, 0.4) is 0 Å². The van der Waals surface area contributed by atoms with Gasteiger partial charge in [0.1, 0.15) is 0 Å². The van der Waals surface area contributed by atoms with Crippen molar-refractivity contribution in [1.82, 2.24) is 0 Å². The predicted octanol–water partition coefficient (Wildman–Crippen LogP) is 1.58. The predicted molar refractivity (Wildman–Crippen MR) is 47.2 cm³/mol. The smallest absolute Gasteiger partial charge is 0.392 e. The van der Waals surface area contributed by atoms with Gasteiger partial charge in [-0.3, -0.25) is 0 Å². The Kier molecular flexibility index (Phi) is 3.39. The Morgan fingerprint density at radius 3 is 2.83 bits per heavy atom. The van der Waals surface area contributed by atoms with E-state index < -0.39 is 8.03 Å². The molecule has 0 fully saturated rings. The molecule has 0 amide bonds. The van der Waals surface area contributed by atoms with Gasteiger partial charge in [-0.05, 0) is 29.4 Å². The van der Waals surface area contributed by atoms with Gasteiger partial charge in [-0.2, -0.15) is 4.89 Å². The molecule has 4 heteroatoms. The normalized spacial score (nSPS) is 26.8. The standard InChI is InChI=1S/C8H13O3P/c1-2-8(12(10)11)6-3-4-7(9)5-6/h3,7-9H,2,4-5H2,1H3/p+1. The second-order valence-corrected chi connectivity index (χ2v) is 4.33. The summed E-state index contributed by atoms with van der Waals surface area (Å²) in [5.41, 5.74) is 0.714. The fourth-order valence-electron chi connectivity index (χ4n) is 1.56. The summed E-state index contributed by atoms with van der Waals surface area (Å²) in [5.74, 6) is 0. The lowest BCUT2D eigenvalue weighted by Gasteiger charge is -2.03. The van der Waals surface area contributed by atoms with E-state index in [4.69, 9.17) is 4.89 Å². The summed E-state index contributed by atoms with van der Waals surface area (Å²) in [4.78, 5) is 8.95. The summed E-state index contributed by atoms with van der Waals surface area (Å²) in [6.45, 7) is 1.89. The van der Waals surface area contributed by atoms with Gasteiger partial charge in [0.25, 0.3) is 0 Å². The van der Waals surface area contributed by atoms with Crippen molar-refractivity contribution in [3.63, 3.8) is 0 Å². The van der Waals surface area contributed by atoms with E-state index >= 15 is 0 Å². The number of aliphatic hydroxyl groups is 1. The van der Waals surface area contributed by atoms with Crippen LogP contribution in [0.25, 0.3) is 0 Å². The quantitative estimate of drug-likeness (QED) is 0.523. The molecule has 0 aliphatic heterocycles. The first-order valence-electron chi connectivity index (χ1n) is 4.17. The highest BCUT2D eigenvalue weighted by Gasteiger charge is 2.33. The first-order chi connectivity index (χ1) is 5.65. The van der Waals surface area contributed by atoms with E-state index in [1.54, 1.807) is 0 Å². The summed E-state index contributed by atoms with van der Waals surface area (Å²) >= 11 is 0. The number of aliphatic hydroxyl groups excluding tert-OH is 1. The molecule has 3 unspecified atom stereocenters. The summed E-state index contributed by atoms with van der Waals surface area (Å²) in [6, 6.07) is 0. The molecule has 0 aromatic rings. The zero-order chi connectivity index (χ0) is 9.14. The molecule has 0 saturated carbocycles. The monoisotopic (exact) mass is 189 g/mol. The third kappa shape index (κ3) is 2.13. The molecule has 3 nitrogen and oxygen atoms in total. The summed E-state index contributed by atoms with van der Waals surface area (Å²) in [7, 11) is -2.12. The van der Waals surface area contributed by atoms with Crippen molar-refractivity contribution in [2.75, 3.05) is 0 Å². The second kappa shape index (κ2) is 4.13. The Labute approximate surface area is 73.0 Å². The van der Waals surface area contributed by atoms with Gasteiger partial charge < -0.3 is 5.11 Å². The summed E-state index contributed by atoms with van der Waals surface area (Å²) < 4.78 is 10.8. The van der Waals surface area contributed by atoms with Crippen molar-refractivity contribution < 1.29 is 14.6 Å². The van der Waals surface area contributed by atoms with Crippen LogP contribution in [0.15, 0.2) is 11.6 Å². The molecule has 0 bridgehead atoms. The van der Waals surface area contributed by atoms with E-state index in [1.165, 1.54) is 0 Å². The molecule has 3 atom stereocenters. The SMILES string of the molecule is CCC(C1=CCC(O)C1)[P+](=O)O. The van der Waals surface area contributed by atoms with Crippen LogP contribution in [-0.4, -0.2) is 21.8 Å². The van der Waals surface area contributed by atoms with Crippen molar-refractivity contribution in [2.45, 2.75) is 37.9 Å². The van der Waals surface area contributed by atoms with Crippen LogP contribution < -0.4 is 0 Å². The van der Waals surface area contributed by atoms with Crippen LogP contribution >= 0.6 is 8.03 Å². The lowest BCUT2D eigenvalue weighted by Crippen LogP contribution is -2.07. The lowest BCUT2D eigenvalue weighted by molar-refractivity contribution is 0.187. The maximum Gasteiger partial charge on any atom is 0.513 e. The molecule has 2 N–H and O–H groups in total. The summed E-state index contributed by atoms with van der Waals surface area (Å²) in [6.07, 6.45) is 3.44. The number of hydrogen-bond donors (Lipinski definition) is 2. The Balaban J connectivity index is 2.62. The lowest BCUT2D eigenvalue weighted by atomic mass is 10.1. The maximum absolute atomic E-state index is 10.8. The van der Waals surface area contributed by atoms with E-state index in [0.717, 1.165) is 5.57 Å².